The highest BCUT2D eigenvalue weighted by Gasteiger charge is 2.15. The van der Waals surface area contributed by atoms with Gasteiger partial charge in [0.05, 0.1) is 6.10 Å². The van der Waals surface area contributed by atoms with Crippen molar-refractivity contribution in [3.8, 4) is 0 Å². The van der Waals surface area contributed by atoms with Crippen molar-refractivity contribution in [3.63, 3.8) is 0 Å². The van der Waals surface area contributed by atoms with E-state index < -0.39 is 0 Å². The molecule has 1 N–H and O–H groups in total. The molecule has 118 valence electrons. The van der Waals surface area contributed by atoms with Gasteiger partial charge in [0.15, 0.2) is 5.82 Å². The van der Waals surface area contributed by atoms with E-state index in [4.69, 9.17) is 9.26 Å². The van der Waals surface area contributed by atoms with Crippen molar-refractivity contribution in [2.75, 3.05) is 20.2 Å². The second kappa shape index (κ2) is 7.97. The molecular formula is C14H24N4O3. The quantitative estimate of drug-likeness (QED) is 0.777. The molecule has 7 heteroatoms. The highest BCUT2D eigenvalue weighted by Crippen LogP contribution is 2.20. The lowest BCUT2D eigenvalue weighted by atomic mass is 10.3. The van der Waals surface area contributed by atoms with Crippen LogP contribution in [0.3, 0.4) is 0 Å². The van der Waals surface area contributed by atoms with E-state index >= 15 is 0 Å². The Bertz CT molecular complexity index is 443. The number of hydrogen-bond acceptors (Lipinski definition) is 5. The van der Waals surface area contributed by atoms with Crippen LogP contribution in [0.25, 0.3) is 0 Å². The molecule has 0 unspecified atom stereocenters. The summed E-state index contributed by atoms with van der Waals surface area (Å²) in [6.45, 7) is 3.37. The zero-order chi connectivity index (χ0) is 15.1. The van der Waals surface area contributed by atoms with Crippen LogP contribution in [-0.4, -0.2) is 47.4 Å². The van der Waals surface area contributed by atoms with Gasteiger partial charge in [-0.05, 0) is 26.2 Å². The van der Waals surface area contributed by atoms with E-state index in [0.717, 1.165) is 6.42 Å². The third kappa shape index (κ3) is 5.34. The van der Waals surface area contributed by atoms with Gasteiger partial charge in [-0.1, -0.05) is 18.0 Å². The van der Waals surface area contributed by atoms with Crippen molar-refractivity contribution < 1.29 is 14.1 Å². The fourth-order valence-electron chi connectivity index (χ4n) is 2.39. The smallest absolute Gasteiger partial charge is 0.317 e. The summed E-state index contributed by atoms with van der Waals surface area (Å²) in [5.74, 6) is 1.01. The first-order chi connectivity index (χ1) is 10.1. The van der Waals surface area contributed by atoms with Crippen molar-refractivity contribution in [3.05, 3.63) is 11.7 Å². The predicted octanol–water partition coefficient (Wildman–Crippen LogP) is 1.87. The average Bonchev–Trinajstić information content (AvgIpc) is 3.10. The maximum Gasteiger partial charge on any atom is 0.317 e. The molecular weight excluding hydrogens is 272 g/mol. The number of aromatic nitrogens is 2. The molecule has 0 bridgehead atoms. The van der Waals surface area contributed by atoms with Gasteiger partial charge in [0.2, 0.25) is 5.89 Å². The number of ether oxygens (including phenoxy) is 1. The van der Waals surface area contributed by atoms with Gasteiger partial charge >= 0.3 is 6.03 Å². The molecule has 0 saturated heterocycles. The van der Waals surface area contributed by atoms with Gasteiger partial charge in [0.25, 0.3) is 0 Å². The number of carbonyl (C=O) groups is 1. The van der Waals surface area contributed by atoms with Crippen molar-refractivity contribution in [2.45, 2.75) is 51.7 Å². The first kappa shape index (κ1) is 15.8. The Balaban J connectivity index is 1.55. The Morgan fingerprint density at radius 3 is 2.90 bits per heavy atom. The van der Waals surface area contributed by atoms with E-state index in [1.165, 1.54) is 30.6 Å². The van der Waals surface area contributed by atoms with Gasteiger partial charge in [0.1, 0.15) is 6.54 Å². The number of carbonyl (C=O) groups excluding carboxylic acids is 1. The van der Waals surface area contributed by atoms with E-state index in [1.807, 2.05) is 0 Å². The highest BCUT2D eigenvalue weighted by atomic mass is 16.5. The van der Waals surface area contributed by atoms with Crippen LogP contribution in [0.4, 0.5) is 4.79 Å². The minimum Gasteiger partial charge on any atom is -0.378 e. The van der Waals surface area contributed by atoms with Gasteiger partial charge < -0.3 is 19.5 Å². The number of hydrogen-bond donors (Lipinski definition) is 1. The number of nitrogens with zero attached hydrogens (tertiary/aromatic N) is 3. The maximum absolute atomic E-state index is 11.9. The maximum atomic E-state index is 11.9. The first-order valence-corrected chi connectivity index (χ1v) is 7.55. The number of rotatable bonds is 7. The molecule has 1 heterocycles. The van der Waals surface area contributed by atoms with Gasteiger partial charge in [-0.2, -0.15) is 4.98 Å². The largest absolute Gasteiger partial charge is 0.378 e. The Kier molecular flexibility index (Phi) is 5.98. The Morgan fingerprint density at radius 1 is 1.48 bits per heavy atom. The number of amides is 2. The van der Waals surface area contributed by atoms with E-state index in [0.29, 0.717) is 37.5 Å². The third-order valence-electron chi connectivity index (χ3n) is 3.54. The van der Waals surface area contributed by atoms with Crippen molar-refractivity contribution in [2.24, 2.45) is 0 Å². The zero-order valence-corrected chi connectivity index (χ0v) is 12.8. The second-order valence-electron chi connectivity index (χ2n) is 5.45. The van der Waals surface area contributed by atoms with Gasteiger partial charge in [-0.15, -0.1) is 0 Å². The molecule has 0 radical (unpaired) electrons. The van der Waals surface area contributed by atoms with Crippen molar-refractivity contribution in [1.82, 2.24) is 20.4 Å². The molecule has 1 aromatic rings. The average molecular weight is 296 g/mol. The van der Waals surface area contributed by atoms with Crippen molar-refractivity contribution in [1.29, 1.82) is 0 Å². The number of aryl methyl sites for hydroxylation is 1. The van der Waals surface area contributed by atoms with E-state index in [9.17, 15) is 4.79 Å². The van der Waals surface area contributed by atoms with E-state index in [1.54, 1.807) is 14.0 Å². The summed E-state index contributed by atoms with van der Waals surface area (Å²) in [6.07, 6.45) is 6.18. The number of urea groups is 1. The molecule has 0 aromatic carbocycles. The topological polar surface area (TPSA) is 80.5 Å². The van der Waals surface area contributed by atoms with Crippen LogP contribution in [0.5, 0.6) is 0 Å². The standard InChI is InChI=1S/C14H24N4O3/c1-11-16-13(21-17-11)10-18(2)14(19)15-8-5-9-20-12-6-3-4-7-12/h12H,3-10H2,1-2H3,(H,15,19). The summed E-state index contributed by atoms with van der Waals surface area (Å²) in [5.41, 5.74) is 0. The molecule has 1 aromatic heterocycles. The molecule has 7 nitrogen and oxygen atoms in total. The summed E-state index contributed by atoms with van der Waals surface area (Å²) in [5, 5.41) is 6.54. The van der Waals surface area contributed by atoms with Crippen LogP contribution < -0.4 is 5.32 Å². The van der Waals surface area contributed by atoms with E-state index in [-0.39, 0.29) is 6.03 Å². The molecule has 1 aliphatic carbocycles. The molecule has 1 aliphatic rings. The summed E-state index contributed by atoms with van der Waals surface area (Å²) in [6, 6.07) is -0.147. The molecule has 2 amide bonds. The van der Waals surface area contributed by atoms with Gasteiger partial charge in [-0.25, -0.2) is 4.79 Å². The van der Waals surface area contributed by atoms with Crippen LogP contribution in [-0.2, 0) is 11.3 Å². The molecule has 0 aliphatic heterocycles. The summed E-state index contributed by atoms with van der Waals surface area (Å²) in [4.78, 5) is 17.4. The van der Waals surface area contributed by atoms with Gasteiger partial charge in [-0.3, -0.25) is 0 Å². The fraction of sp³-hybridized carbons (Fsp3) is 0.786. The monoisotopic (exact) mass is 296 g/mol. The third-order valence-corrected chi connectivity index (χ3v) is 3.54. The van der Waals surface area contributed by atoms with Gasteiger partial charge in [0, 0.05) is 20.2 Å². The van der Waals surface area contributed by atoms with Crippen LogP contribution in [0, 0.1) is 6.92 Å². The lowest BCUT2D eigenvalue weighted by molar-refractivity contribution is 0.0570. The van der Waals surface area contributed by atoms with Crippen LogP contribution in [0.2, 0.25) is 0 Å². The summed E-state index contributed by atoms with van der Waals surface area (Å²) in [7, 11) is 1.70. The van der Waals surface area contributed by atoms with Crippen molar-refractivity contribution >= 4 is 6.03 Å². The molecule has 1 saturated carbocycles. The lowest BCUT2D eigenvalue weighted by Gasteiger charge is -2.16. The fourth-order valence-corrected chi connectivity index (χ4v) is 2.39. The predicted molar refractivity (Wildman–Crippen MR) is 76.7 cm³/mol. The Morgan fingerprint density at radius 2 is 2.24 bits per heavy atom. The lowest BCUT2D eigenvalue weighted by Crippen LogP contribution is -2.37. The summed E-state index contributed by atoms with van der Waals surface area (Å²) < 4.78 is 10.7. The minimum absolute atomic E-state index is 0.147. The normalized spacial score (nSPS) is 15.3. The Labute approximate surface area is 125 Å². The first-order valence-electron chi connectivity index (χ1n) is 7.55. The number of nitrogens with one attached hydrogen (secondary N) is 1. The zero-order valence-electron chi connectivity index (χ0n) is 12.8. The minimum atomic E-state index is -0.147. The molecule has 1 fully saturated rings. The van der Waals surface area contributed by atoms with E-state index in [2.05, 4.69) is 15.5 Å². The molecule has 0 atom stereocenters. The molecule has 21 heavy (non-hydrogen) atoms. The Hall–Kier alpha value is -1.63. The van der Waals surface area contributed by atoms with Crippen LogP contribution in [0.15, 0.2) is 4.52 Å². The molecule has 2 rings (SSSR count). The SMILES string of the molecule is Cc1noc(CN(C)C(=O)NCCCOC2CCCC2)n1. The highest BCUT2D eigenvalue weighted by molar-refractivity contribution is 5.73. The second-order valence-corrected chi connectivity index (χ2v) is 5.45. The summed E-state index contributed by atoms with van der Waals surface area (Å²) >= 11 is 0. The van der Waals surface area contributed by atoms with Crippen LogP contribution in [0.1, 0.15) is 43.8 Å². The van der Waals surface area contributed by atoms with Crippen LogP contribution >= 0.6 is 0 Å². The molecule has 0 spiro atoms.